The standard InChI is InChI=1S/C33H28ClN3O4S/c1-21-4-11-26(12-5-21)36-33-37(27-15-6-22(2)7-16-27)32(39)30(42-33)19-23-8-17-28(29(18-23)40-3)41-20-31(38)35-25-13-9-24(34)10-14-25/h4-19H,20H2,1-3H3,(H,35,38)/b30-19-,36-33?. The van der Waals surface area contributed by atoms with Crippen LogP contribution in [0.15, 0.2) is 101 Å². The van der Waals surface area contributed by atoms with E-state index in [1.54, 1.807) is 53.4 Å². The molecule has 1 N–H and O–H groups in total. The van der Waals surface area contributed by atoms with E-state index in [-0.39, 0.29) is 18.4 Å². The van der Waals surface area contributed by atoms with Gasteiger partial charge in [-0.3, -0.25) is 14.5 Å². The highest BCUT2D eigenvalue weighted by atomic mass is 35.5. The van der Waals surface area contributed by atoms with Gasteiger partial charge in [0.05, 0.1) is 23.4 Å². The molecule has 1 aliphatic heterocycles. The number of benzene rings is 4. The van der Waals surface area contributed by atoms with Crippen LogP contribution in [0.5, 0.6) is 11.5 Å². The van der Waals surface area contributed by atoms with Gasteiger partial charge in [0, 0.05) is 10.7 Å². The van der Waals surface area contributed by atoms with Crippen LogP contribution < -0.4 is 19.7 Å². The van der Waals surface area contributed by atoms with Crippen LogP contribution in [0.1, 0.15) is 16.7 Å². The summed E-state index contributed by atoms with van der Waals surface area (Å²) in [5.41, 5.74) is 5.09. The van der Waals surface area contributed by atoms with Gasteiger partial charge in [-0.2, -0.15) is 0 Å². The topological polar surface area (TPSA) is 80.2 Å². The van der Waals surface area contributed by atoms with Gasteiger partial charge in [-0.05, 0) is 97.9 Å². The minimum Gasteiger partial charge on any atom is -0.493 e. The fourth-order valence-electron chi connectivity index (χ4n) is 4.12. The molecule has 4 aromatic rings. The van der Waals surface area contributed by atoms with E-state index < -0.39 is 0 Å². The number of halogens is 1. The van der Waals surface area contributed by atoms with Gasteiger partial charge in [0.25, 0.3) is 11.8 Å². The van der Waals surface area contributed by atoms with Gasteiger partial charge in [-0.25, -0.2) is 4.99 Å². The molecule has 1 aliphatic rings. The van der Waals surface area contributed by atoms with E-state index in [0.29, 0.717) is 32.3 Å². The van der Waals surface area contributed by atoms with Gasteiger partial charge in [0.2, 0.25) is 0 Å². The molecule has 0 aromatic heterocycles. The van der Waals surface area contributed by atoms with Gasteiger partial charge in [-0.1, -0.05) is 53.1 Å². The Morgan fingerprint density at radius 3 is 2.26 bits per heavy atom. The van der Waals surface area contributed by atoms with Crippen molar-refractivity contribution in [2.24, 2.45) is 4.99 Å². The second kappa shape index (κ2) is 13.0. The number of methoxy groups -OCH3 is 1. The number of hydrogen-bond donors (Lipinski definition) is 1. The first kappa shape index (κ1) is 29.0. The summed E-state index contributed by atoms with van der Waals surface area (Å²) in [6, 6.07) is 27.7. The first-order chi connectivity index (χ1) is 20.3. The Balaban J connectivity index is 1.36. The minimum atomic E-state index is -0.324. The summed E-state index contributed by atoms with van der Waals surface area (Å²) in [6.45, 7) is 3.81. The molecule has 1 fully saturated rings. The van der Waals surface area contributed by atoms with Crippen molar-refractivity contribution in [3.8, 4) is 11.5 Å². The maximum atomic E-state index is 13.7. The fraction of sp³-hybridized carbons (Fsp3) is 0.121. The van der Waals surface area contributed by atoms with E-state index in [9.17, 15) is 9.59 Å². The monoisotopic (exact) mass is 597 g/mol. The van der Waals surface area contributed by atoms with Gasteiger partial charge in [0.1, 0.15) is 0 Å². The third-order valence-corrected chi connectivity index (χ3v) is 7.55. The third-order valence-electron chi connectivity index (χ3n) is 6.33. The lowest BCUT2D eigenvalue weighted by atomic mass is 10.1. The van der Waals surface area contributed by atoms with Gasteiger partial charge in [0.15, 0.2) is 23.3 Å². The van der Waals surface area contributed by atoms with Crippen molar-refractivity contribution in [3.05, 3.63) is 118 Å². The second-order valence-electron chi connectivity index (χ2n) is 9.57. The number of aryl methyl sites for hydroxylation is 2. The van der Waals surface area contributed by atoms with Crippen LogP contribution in [0.4, 0.5) is 17.1 Å². The molecule has 0 spiro atoms. The van der Waals surface area contributed by atoms with Crippen molar-refractivity contribution >= 4 is 63.5 Å². The van der Waals surface area contributed by atoms with Crippen LogP contribution in [-0.2, 0) is 9.59 Å². The van der Waals surface area contributed by atoms with Gasteiger partial charge >= 0.3 is 0 Å². The molecule has 0 aliphatic carbocycles. The zero-order chi connectivity index (χ0) is 29.6. The molecule has 5 rings (SSSR count). The summed E-state index contributed by atoms with van der Waals surface area (Å²) >= 11 is 7.21. The molecule has 0 atom stereocenters. The lowest BCUT2D eigenvalue weighted by Crippen LogP contribution is -2.28. The lowest BCUT2D eigenvalue weighted by molar-refractivity contribution is -0.118. The van der Waals surface area contributed by atoms with Crippen molar-refractivity contribution in [2.45, 2.75) is 13.8 Å². The normalized spacial score (nSPS) is 14.9. The highest BCUT2D eigenvalue weighted by Gasteiger charge is 2.34. The van der Waals surface area contributed by atoms with E-state index in [1.165, 1.54) is 18.9 Å². The van der Waals surface area contributed by atoms with E-state index in [4.69, 9.17) is 26.1 Å². The molecule has 2 amide bonds. The van der Waals surface area contributed by atoms with Crippen molar-refractivity contribution < 1.29 is 19.1 Å². The molecule has 1 saturated heterocycles. The number of aliphatic imine (C=N–C) groups is 1. The number of carbonyl (C=O) groups is 2. The quantitative estimate of drug-likeness (QED) is 0.210. The number of carbonyl (C=O) groups excluding carboxylic acids is 2. The Labute approximate surface area is 253 Å². The van der Waals surface area contributed by atoms with Crippen molar-refractivity contribution in [3.63, 3.8) is 0 Å². The average molecular weight is 598 g/mol. The van der Waals surface area contributed by atoms with E-state index in [0.717, 1.165) is 28.1 Å². The molecule has 1 heterocycles. The first-order valence-corrected chi connectivity index (χ1v) is 14.3. The predicted molar refractivity (Wildman–Crippen MR) is 171 cm³/mol. The number of amidine groups is 1. The fourth-order valence-corrected chi connectivity index (χ4v) is 5.25. The summed E-state index contributed by atoms with van der Waals surface area (Å²) in [7, 11) is 1.52. The van der Waals surface area contributed by atoms with Crippen LogP contribution in [0, 0.1) is 13.8 Å². The summed E-state index contributed by atoms with van der Waals surface area (Å²) in [5.74, 6) is 0.338. The van der Waals surface area contributed by atoms with E-state index in [1.807, 2.05) is 62.4 Å². The highest BCUT2D eigenvalue weighted by molar-refractivity contribution is 8.19. The number of ether oxygens (including phenoxy) is 2. The minimum absolute atomic E-state index is 0.173. The van der Waals surface area contributed by atoms with Crippen molar-refractivity contribution in [2.75, 3.05) is 23.9 Å². The van der Waals surface area contributed by atoms with Crippen LogP contribution in [0.2, 0.25) is 5.02 Å². The lowest BCUT2D eigenvalue weighted by Gasteiger charge is -2.16. The number of thioether (sulfide) groups is 1. The second-order valence-corrected chi connectivity index (χ2v) is 11.0. The molecule has 4 aromatic carbocycles. The highest BCUT2D eigenvalue weighted by Crippen LogP contribution is 2.38. The summed E-state index contributed by atoms with van der Waals surface area (Å²) in [6.07, 6.45) is 1.80. The molecular formula is C33H28ClN3O4S. The smallest absolute Gasteiger partial charge is 0.271 e. The Morgan fingerprint density at radius 2 is 1.60 bits per heavy atom. The molecule has 0 radical (unpaired) electrons. The number of nitrogens with one attached hydrogen (secondary N) is 1. The average Bonchev–Trinajstić information content (AvgIpc) is 3.28. The van der Waals surface area contributed by atoms with Gasteiger partial charge in [-0.15, -0.1) is 0 Å². The molecule has 9 heteroatoms. The summed E-state index contributed by atoms with van der Waals surface area (Å²) < 4.78 is 11.3. The largest absolute Gasteiger partial charge is 0.493 e. The predicted octanol–water partition coefficient (Wildman–Crippen LogP) is 7.79. The maximum absolute atomic E-state index is 13.7. The van der Waals surface area contributed by atoms with Crippen LogP contribution in [-0.4, -0.2) is 30.7 Å². The zero-order valence-corrected chi connectivity index (χ0v) is 24.8. The summed E-state index contributed by atoms with van der Waals surface area (Å²) in [5, 5.41) is 3.91. The Morgan fingerprint density at radius 1 is 0.929 bits per heavy atom. The van der Waals surface area contributed by atoms with Crippen molar-refractivity contribution in [1.29, 1.82) is 0 Å². The molecule has 42 heavy (non-hydrogen) atoms. The Kier molecular flexibility index (Phi) is 8.95. The first-order valence-electron chi connectivity index (χ1n) is 13.1. The molecule has 0 unspecified atom stereocenters. The van der Waals surface area contributed by atoms with Gasteiger partial charge < -0.3 is 14.8 Å². The SMILES string of the molecule is COc1cc(/C=C2\SC(=Nc3ccc(C)cc3)N(c3ccc(C)cc3)C2=O)ccc1OCC(=O)Nc1ccc(Cl)cc1. The number of anilines is 2. The number of rotatable bonds is 8. The Bertz CT molecular complexity index is 1670. The number of hydrogen-bond acceptors (Lipinski definition) is 6. The number of nitrogens with zero attached hydrogens (tertiary/aromatic N) is 2. The third kappa shape index (κ3) is 7.02. The molecule has 0 bridgehead atoms. The Hall–Kier alpha value is -4.53. The summed E-state index contributed by atoms with van der Waals surface area (Å²) in [4.78, 5) is 33.0. The molecule has 0 saturated carbocycles. The zero-order valence-electron chi connectivity index (χ0n) is 23.3. The van der Waals surface area contributed by atoms with E-state index in [2.05, 4.69) is 5.32 Å². The van der Waals surface area contributed by atoms with Crippen LogP contribution >= 0.6 is 23.4 Å². The molecular weight excluding hydrogens is 570 g/mol. The number of amides is 2. The van der Waals surface area contributed by atoms with E-state index >= 15 is 0 Å². The maximum Gasteiger partial charge on any atom is 0.271 e. The molecule has 7 nitrogen and oxygen atoms in total. The van der Waals surface area contributed by atoms with Crippen LogP contribution in [0.3, 0.4) is 0 Å². The van der Waals surface area contributed by atoms with Crippen molar-refractivity contribution in [1.82, 2.24) is 0 Å². The molecule has 212 valence electrons. The van der Waals surface area contributed by atoms with Crippen LogP contribution in [0.25, 0.3) is 6.08 Å².